The van der Waals surface area contributed by atoms with E-state index >= 15 is 0 Å². The Balaban J connectivity index is 2.93. The lowest BCUT2D eigenvalue weighted by molar-refractivity contribution is 0.621. The average Bonchev–Trinajstić information content (AvgIpc) is 2.05. The summed E-state index contributed by atoms with van der Waals surface area (Å²) < 4.78 is 13.1. The predicted octanol–water partition coefficient (Wildman–Crippen LogP) is 2.19. The number of benzene rings is 1. The second-order valence-corrected chi connectivity index (χ2v) is 2.59. The van der Waals surface area contributed by atoms with E-state index in [1.807, 2.05) is 13.1 Å². The molecule has 1 N–H and O–H groups in total. The molecule has 0 aliphatic heterocycles. The summed E-state index contributed by atoms with van der Waals surface area (Å²) in [6.45, 7) is 4.20. The van der Waals surface area contributed by atoms with Crippen LogP contribution < -0.4 is 5.32 Å². The summed E-state index contributed by atoms with van der Waals surface area (Å²) in [5.41, 5.74) is 1.50. The Morgan fingerprint density at radius 1 is 1.58 bits per heavy atom. The van der Waals surface area contributed by atoms with Crippen LogP contribution in [-0.4, -0.2) is 7.05 Å². The van der Waals surface area contributed by atoms with E-state index in [-0.39, 0.29) is 5.82 Å². The van der Waals surface area contributed by atoms with E-state index in [4.69, 9.17) is 0 Å². The Morgan fingerprint density at radius 3 is 2.83 bits per heavy atom. The number of hydrogen-bond acceptors (Lipinski definition) is 1. The average molecular weight is 165 g/mol. The van der Waals surface area contributed by atoms with Gasteiger partial charge in [-0.15, -0.1) is 0 Å². The van der Waals surface area contributed by atoms with Gasteiger partial charge in [0, 0.05) is 12.1 Å². The Hall–Kier alpha value is -1.15. The minimum atomic E-state index is -0.210. The van der Waals surface area contributed by atoms with Crippen LogP contribution in [0.4, 0.5) is 4.39 Å². The molecular weight excluding hydrogens is 153 g/mol. The van der Waals surface area contributed by atoms with Gasteiger partial charge in [0.05, 0.1) is 0 Å². The molecule has 1 nitrogen and oxygen atoms in total. The zero-order chi connectivity index (χ0) is 8.97. The van der Waals surface area contributed by atoms with Crippen LogP contribution >= 0.6 is 0 Å². The molecule has 0 bridgehead atoms. The van der Waals surface area contributed by atoms with Crippen LogP contribution in [-0.2, 0) is 6.54 Å². The van der Waals surface area contributed by atoms with Crippen molar-refractivity contribution in [2.24, 2.45) is 0 Å². The van der Waals surface area contributed by atoms with Gasteiger partial charge in [-0.25, -0.2) is 4.39 Å². The standard InChI is InChI=1S/C10H12FN/c1-3-9-5-4-8(7-12-2)6-10(9)11/h3-6,12H,1,7H2,2H3. The lowest BCUT2D eigenvalue weighted by atomic mass is 10.1. The van der Waals surface area contributed by atoms with Gasteiger partial charge in [-0.05, 0) is 18.7 Å². The molecule has 0 saturated carbocycles. The molecule has 0 aliphatic rings. The summed E-state index contributed by atoms with van der Waals surface area (Å²) in [5, 5.41) is 2.96. The van der Waals surface area contributed by atoms with Crippen molar-refractivity contribution in [3.63, 3.8) is 0 Å². The van der Waals surface area contributed by atoms with Crippen molar-refractivity contribution in [3.8, 4) is 0 Å². The molecule has 0 spiro atoms. The SMILES string of the molecule is C=Cc1ccc(CNC)cc1F. The van der Waals surface area contributed by atoms with Crippen molar-refractivity contribution in [1.82, 2.24) is 5.32 Å². The van der Waals surface area contributed by atoms with E-state index in [9.17, 15) is 4.39 Å². The molecule has 0 fully saturated rings. The second kappa shape index (κ2) is 4.02. The van der Waals surface area contributed by atoms with Crippen LogP contribution in [0.1, 0.15) is 11.1 Å². The highest BCUT2D eigenvalue weighted by atomic mass is 19.1. The first-order valence-electron chi connectivity index (χ1n) is 3.83. The van der Waals surface area contributed by atoms with Gasteiger partial charge in [0.2, 0.25) is 0 Å². The summed E-state index contributed by atoms with van der Waals surface area (Å²) in [6.07, 6.45) is 1.51. The summed E-state index contributed by atoms with van der Waals surface area (Å²) in [5.74, 6) is -0.210. The van der Waals surface area contributed by atoms with Crippen LogP contribution in [0.15, 0.2) is 24.8 Å². The summed E-state index contributed by atoms with van der Waals surface area (Å²) in [7, 11) is 1.83. The number of hydrogen-bond donors (Lipinski definition) is 1. The Bertz CT molecular complexity index is 281. The minimum absolute atomic E-state index is 0.210. The largest absolute Gasteiger partial charge is 0.316 e. The normalized spacial score (nSPS) is 9.83. The highest BCUT2D eigenvalue weighted by Crippen LogP contribution is 2.10. The van der Waals surface area contributed by atoms with Crippen molar-refractivity contribution in [2.75, 3.05) is 7.05 Å². The molecule has 0 unspecified atom stereocenters. The molecule has 1 aromatic carbocycles. The molecule has 0 aliphatic carbocycles. The third kappa shape index (κ3) is 1.92. The van der Waals surface area contributed by atoms with Gasteiger partial charge in [-0.1, -0.05) is 24.8 Å². The van der Waals surface area contributed by atoms with Crippen molar-refractivity contribution in [1.29, 1.82) is 0 Å². The van der Waals surface area contributed by atoms with E-state index in [0.29, 0.717) is 12.1 Å². The van der Waals surface area contributed by atoms with Gasteiger partial charge in [0.1, 0.15) is 5.82 Å². The topological polar surface area (TPSA) is 12.0 Å². The number of halogens is 1. The van der Waals surface area contributed by atoms with Crippen molar-refractivity contribution >= 4 is 6.08 Å². The van der Waals surface area contributed by atoms with Gasteiger partial charge >= 0.3 is 0 Å². The second-order valence-electron chi connectivity index (χ2n) is 2.59. The Labute approximate surface area is 71.9 Å². The zero-order valence-corrected chi connectivity index (χ0v) is 7.10. The molecule has 2 heteroatoms. The van der Waals surface area contributed by atoms with Crippen LogP contribution in [0.5, 0.6) is 0 Å². The zero-order valence-electron chi connectivity index (χ0n) is 7.10. The first-order chi connectivity index (χ1) is 5.77. The molecule has 1 aromatic rings. The molecule has 12 heavy (non-hydrogen) atoms. The minimum Gasteiger partial charge on any atom is -0.316 e. The van der Waals surface area contributed by atoms with Crippen LogP contribution in [0.2, 0.25) is 0 Å². The highest BCUT2D eigenvalue weighted by Gasteiger charge is 1.98. The lowest BCUT2D eigenvalue weighted by Crippen LogP contribution is -2.05. The molecule has 0 saturated heterocycles. The molecule has 1 rings (SSSR count). The summed E-state index contributed by atoms with van der Waals surface area (Å²) in [6, 6.07) is 5.14. The van der Waals surface area contributed by atoms with Crippen LogP contribution in [0, 0.1) is 5.82 Å². The van der Waals surface area contributed by atoms with Crippen LogP contribution in [0.25, 0.3) is 6.08 Å². The molecule has 0 amide bonds. The van der Waals surface area contributed by atoms with E-state index in [0.717, 1.165) is 5.56 Å². The maximum atomic E-state index is 13.1. The maximum absolute atomic E-state index is 13.1. The molecule has 64 valence electrons. The van der Waals surface area contributed by atoms with Gasteiger partial charge in [-0.2, -0.15) is 0 Å². The van der Waals surface area contributed by atoms with Crippen molar-refractivity contribution < 1.29 is 4.39 Å². The van der Waals surface area contributed by atoms with E-state index < -0.39 is 0 Å². The molecule has 0 aromatic heterocycles. The fraction of sp³-hybridized carbons (Fsp3) is 0.200. The smallest absolute Gasteiger partial charge is 0.130 e. The molecular formula is C10H12FN. The quantitative estimate of drug-likeness (QED) is 0.724. The Kier molecular flexibility index (Phi) is 3.00. The van der Waals surface area contributed by atoms with E-state index in [1.54, 1.807) is 6.07 Å². The number of rotatable bonds is 3. The van der Waals surface area contributed by atoms with Crippen molar-refractivity contribution in [3.05, 3.63) is 41.7 Å². The van der Waals surface area contributed by atoms with Crippen molar-refractivity contribution in [2.45, 2.75) is 6.54 Å². The van der Waals surface area contributed by atoms with E-state index in [1.165, 1.54) is 12.1 Å². The van der Waals surface area contributed by atoms with Crippen LogP contribution in [0.3, 0.4) is 0 Å². The summed E-state index contributed by atoms with van der Waals surface area (Å²) in [4.78, 5) is 0. The number of nitrogens with one attached hydrogen (secondary N) is 1. The molecule has 0 atom stereocenters. The predicted molar refractivity (Wildman–Crippen MR) is 49.3 cm³/mol. The highest BCUT2D eigenvalue weighted by molar-refractivity contribution is 5.48. The van der Waals surface area contributed by atoms with Gasteiger partial charge in [0.25, 0.3) is 0 Å². The van der Waals surface area contributed by atoms with E-state index in [2.05, 4.69) is 11.9 Å². The monoisotopic (exact) mass is 165 g/mol. The lowest BCUT2D eigenvalue weighted by Gasteiger charge is -2.01. The Morgan fingerprint density at radius 2 is 2.33 bits per heavy atom. The molecule has 0 radical (unpaired) electrons. The van der Waals surface area contributed by atoms with Gasteiger partial charge in [-0.3, -0.25) is 0 Å². The third-order valence-corrected chi connectivity index (χ3v) is 1.67. The summed E-state index contributed by atoms with van der Waals surface area (Å²) >= 11 is 0. The fourth-order valence-electron chi connectivity index (χ4n) is 1.05. The first kappa shape index (κ1) is 8.94. The fourth-order valence-corrected chi connectivity index (χ4v) is 1.05. The van der Waals surface area contributed by atoms with Gasteiger partial charge < -0.3 is 5.32 Å². The third-order valence-electron chi connectivity index (χ3n) is 1.67. The van der Waals surface area contributed by atoms with Gasteiger partial charge in [0.15, 0.2) is 0 Å². The first-order valence-corrected chi connectivity index (χ1v) is 3.83. The molecule has 0 heterocycles. The maximum Gasteiger partial charge on any atom is 0.130 e.